The maximum Gasteiger partial charge on any atom is 0.327 e. The molecule has 0 aromatic rings. The number of carbonyl (C=O) groups excluding carboxylic acids is 6. The van der Waals surface area contributed by atoms with Gasteiger partial charge in [0.2, 0.25) is 35.4 Å². The number of nitrogens with one attached hydrogen (secondary N) is 6. The summed E-state index contributed by atoms with van der Waals surface area (Å²) in [6, 6.07) is -8.46. The third kappa shape index (κ3) is 18.6. The number of aliphatic hydroxyl groups excluding tert-OH is 1. The number of aliphatic hydroxyl groups is 1. The summed E-state index contributed by atoms with van der Waals surface area (Å²) < 4.78 is 0. The van der Waals surface area contributed by atoms with Crippen LogP contribution in [0.15, 0.2) is 4.99 Å². The summed E-state index contributed by atoms with van der Waals surface area (Å²) in [6.07, 6.45) is 2.61. The van der Waals surface area contributed by atoms with Crippen LogP contribution in [-0.2, 0) is 33.6 Å². The zero-order chi connectivity index (χ0) is 40.1. The number of nitrogens with two attached hydrogens (primary N) is 3. The second-order valence-corrected chi connectivity index (χ2v) is 14.2. The molecular weight excluding hydrogens is 721 g/mol. The second-order valence-electron chi connectivity index (χ2n) is 12.9. The van der Waals surface area contributed by atoms with Crippen LogP contribution < -0.4 is 49.1 Å². The van der Waals surface area contributed by atoms with E-state index in [1.807, 2.05) is 20.1 Å². The molecule has 0 fully saturated rings. The maximum atomic E-state index is 13.4. The minimum absolute atomic E-state index is 0.0356. The van der Waals surface area contributed by atoms with Gasteiger partial charge >= 0.3 is 5.97 Å². The van der Waals surface area contributed by atoms with E-state index in [1.165, 1.54) is 18.7 Å². The number of carbonyl (C=O) groups is 7. The minimum Gasteiger partial charge on any atom is -0.480 e. The van der Waals surface area contributed by atoms with Crippen molar-refractivity contribution in [3.63, 3.8) is 0 Å². The molecule has 0 aliphatic heterocycles. The Labute approximate surface area is 314 Å². The van der Waals surface area contributed by atoms with Gasteiger partial charge in [0.1, 0.15) is 36.3 Å². The highest BCUT2D eigenvalue weighted by atomic mass is 32.2. The van der Waals surface area contributed by atoms with Crippen LogP contribution in [-0.4, -0.2) is 131 Å². The van der Waals surface area contributed by atoms with Gasteiger partial charge in [0.25, 0.3) is 0 Å². The van der Waals surface area contributed by atoms with Crippen LogP contribution in [0.4, 0.5) is 0 Å². The van der Waals surface area contributed by atoms with Crippen LogP contribution in [0.2, 0.25) is 0 Å². The Kier molecular flexibility index (Phi) is 23.4. The van der Waals surface area contributed by atoms with Crippen molar-refractivity contribution in [1.82, 2.24) is 31.9 Å². The number of nitrogens with zero attached hydrogens (tertiary/aromatic N) is 1. The lowest BCUT2D eigenvalue weighted by Crippen LogP contribution is -2.60. The summed E-state index contributed by atoms with van der Waals surface area (Å²) in [5.41, 5.74) is 16.7. The van der Waals surface area contributed by atoms with Crippen molar-refractivity contribution in [1.29, 1.82) is 0 Å². The minimum atomic E-state index is -1.53. The summed E-state index contributed by atoms with van der Waals surface area (Å²) in [7, 11) is 0. The van der Waals surface area contributed by atoms with Crippen molar-refractivity contribution in [3.8, 4) is 0 Å². The fourth-order valence-electron chi connectivity index (χ4n) is 4.51. The summed E-state index contributed by atoms with van der Waals surface area (Å²) in [5.74, 6) is -6.17. The lowest BCUT2D eigenvalue weighted by atomic mass is 10.0. The molecule has 0 saturated heterocycles. The molecule has 21 heteroatoms. The zero-order valence-corrected chi connectivity index (χ0v) is 32.4. The van der Waals surface area contributed by atoms with Crippen molar-refractivity contribution in [2.24, 2.45) is 34.0 Å². The normalized spacial score (nSPS) is 15.1. The Morgan fingerprint density at radius 1 is 0.731 bits per heavy atom. The molecule has 52 heavy (non-hydrogen) atoms. The largest absolute Gasteiger partial charge is 0.480 e. The first-order valence-corrected chi connectivity index (χ1v) is 18.9. The third-order valence-electron chi connectivity index (χ3n) is 7.50. The summed E-state index contributed by atoms with van der Waals surface area (Å²) in [4.78, 5) is 93.7. The van der Waals surface area contributed by atoms with Crippen LogP contribution in [0.25, 0.3) is 0 Å². The first-order valence-electron chi connectivity index (χ1n) is 16.9. The highest BCUT2D eigenvalue weighted by Gasteiger charge is 2.33. The van der Waals surface area contributed by atoms with Gasteiger partial charge < -0.3 is 59.3 Å². The van der Waals surface area contributed by atoms with Gasteiger partial charge in [0, 0.05) is 12.3 Å². The summed E-state index contributed by atoms with van der Waals surface area (Å²) in [6.45, 7) is 7.48. The van der Waals surface area contributed by atoms with Crippen LogP contribution >= 0.6 is 24.4 Å². The molecule has 0 radical (unpaired) electrons. The number of aliphatic carboxylic acids is 1. The Balaban J connectivity index is 5.90. The van der Waals surface area contributed by atoms with E-state index in [2.05, 4.69) is 49.5 Å². The molecule has 0 rings (SSSR count). The Morgan fingerprint density at radius 3 is 1.77 bits per heavy atom. The van der Waals surface area contributed by atoms with Gasteiger partial charge in [-0.25, -0.2) is 4.79 Å². The maximum absolute atomic E-state index is 13.4. The average Bonchev–Trinajstić information content (AvgIpc) is 3.06. The van der Waals surface area contributed by atoms with Crippen LogP contribution in [0, 0.1) is 11.8 Å². The van der Waals surface area contributed by atoms with E-state index in [4.69, 9.17) is 17.2 Å². The van der Waals surface area contributed by atoms with Crippen LogP contribution in [0.3, 0.4) is 0 Å². The number of rotatable bonds is 25. The molecule has 0 bridgehead atoms. The monoisotopic (exact) mass is 778 g/mol. The third-order valence-corrected chi connectivity index (χ3v) is 8.51. The van der Waals surface area contributed by atoms with Gasteiger partial charge in [-0.2, -0.15) is 24.4 Å². The first kappa shape index (κ1) is 48.2. The number of thioether (sulfide) groups is 1. The van der Waals surface area contributed by atoms with E-state index in [-0.39, 0.29) is 43.4 Å². The SMILES string of the molecule is CSCC[C@H](N)C(=O)N[C@@H](CC(C)C)C(=O)N[C@@H](CO)C(=O)N[C@@H](CCCN=C(N)N)C(=O)N[C@@H](C)C(=O)N[C@H](C(=O)N[C@@H](CS)C(=O)O)C(C)C. The van der Waals surface area contributed by atoms with E-state index in [0.717, 1.165) is 0 Å². The van der Waals surface area contributed by atoms with Crippen molar-refractivity contribution >= 4 is 71.8 Å². The van der Waals surface area contributed by atoms with Gasteiger partial charge in [-0.15, -0.1) is 0 Å². The van der Waals surface area contributed by atoms with E-state index >= 15 is 0 Å². The van der Waals surface area contributed by atoms with Crippen molar-refractivity contribution < 1.29 is 43.8 Å². The zero-order valence-electron chi connectivity index (χ0n) is 30.6. The fraction of sp³-hybridized carbons (Fsp3) is 0.742. The molecule has 298 valence electrons. The molecule has 0 saturated carbocycles. The number of hydrogen-bond acceptors (Lipinski definition) is 12. The lowest BCUT2D eigenvalue weighted by Gasteiger charge is -2.27. The van der Waals surface area contributed by atoms with Gasteiger partial charge in [-0.3, -0.25) is 33.8 Å². The van der Waals surface area contributed by atoms with Crippen molar-refractivity contribution in [2.45, 2.75) is 103 Å². The Bertz CT molecular complexity index is 1240. The molecule has 0 aromatic heterocycles. The number of hydrogen-bond donors (Lipinski definition) is 12. The highest BCUT2D eigenvalue weighted by molar-refractivity contribution is 7.98. The van der Waals surface area contributed by atoms with E-state index < -0.39 is 96.2 Å². The van der Waals surface area contributed by atoms with Crippen LogP contribution in [0.1, 0.15) is 60.3 Å². The smallest absolute Gasteiger partial charge is 0.327 e. The molecule has 14 N–H and O–H groups in total. The molecule has 0 heterocycles. The number of aliphatic imine (C=N–C) groups is 1. The van der Waals surface area contributed by atoms with Gasteiger partial charge in [0.05, 0.1) is 12.6 Å². The summed E-state index contributed by atoms with van der Waals surface area (Å²) in [5, 5.41) is 34.1. The number of thiol groups is 1. The van der Waals surface area contributed by atoms with Gasteiger partial charge in [0.15, 0.2) is 5.96 Å². The first-order chi connectivity index (χ1) is 24.3. The Hall–Kier alpha value is -3.82. The molecular formula is C31H58N10O9S2. The van der Waals surface area contributed by atoms with Crippen LogP contribution in [0.5, 0.6) is 0 Å². The molecule has 0 spiro atoms. The van der Waals surface area contributed by atoms with Crippen molar-refractivity contribution in [2.75, 3.05) is 30.9 Å². The quantitative estimate of drug-likeness (QED) is 0.0188. The average molecular weight is 779 g/mol. The molecule has 0 aromatic carbocycles. The summed E-state index contributed by atoms with van der Waals surface area (Å²) >= 11 is 5.43. The molecule has 0 aliphatic rings. The topological polar surface area (TPSA) is 323 Å². The lowest BCUT2D eigenvalue weighted by molar-refractivity contribution is -0.142. The van der Waals surface area contributed by atoms with E-state index in [9.17, 15) is 43.8 Å². The molecule has 0 aliphatic carbocycles. The molecule has 19 nitrogen and oxygen atoms in total. The predicted molar refractivity (Wildman–Crippen MR) is 201 cm³/mol. The number of amides is 6. The molecule has 0 unspecified atom stereocenters. The fourth-order valence-corrected chi connectivity index (χ4v) is 5.25. The molecule has 6 amide bonds. The van der Waals surface area contributed by atoms with E-state index in [0.29, 0.717) is 12.2 Å². The standard InChI is InChI=1S/C31H58N10O9S2/c1-15(2)12-20(38-25(44)18(32)9-11-52-6)27(46)39-21(13-42)28(47)37-19(8-7-10-35-31(33)34)26(45)36-17(5)24(43)41-23(16(3)4)29(48)40-22(14-51)30(49)50/h15-23,42,51H,7-14,32H2,1-6H3,(H,36,45)(H,37,47)(H,38,44)(H,39,46)(H,40,48)(H,41,43)(H,49,50)(H4,33,34,35)/t17-,18-,19-,20-,21-,22-,23-/m0/s1. The van der Waals surface area contributed by atoms with Gasteiger partial charge in [-0.1, -0.05) is 27.7 Å². The van der Waals surface area contributed by atoms with Crippen molar-refractivity contribution in [3.05, 3.63) is 0 Å². The van der Waals surface area contributed by atoms with E-state index in [1.54, 1.807) is 13.8 Å². The number of guanidine groups is 1. The number of carboxylic acids is 1. The van der Waals surface area contributed by atoms with Gasteiger partial charge in [-0.05, 0) is 56.5 Å². The predicted octanol–water partition coefficient (Wildman–Crippen LogP) is -3.24. The second kappa shape index (κ2) is 25.2. The highest BCUT2D eigenvalue weighted by Crippen LogP contribution is 2.08. The Morgan fingerprint density at radius 2 is 1.27 bits per heavy atom. The number of carboxylic acid groups (broad SMARTS) is 1. The molecule has 7 atom stereocenters.